The Morgan fingerprint density at radius 1 is 1.65 bits per heavy atom. The Bertz CT molecular complexity index is 420. The molecule has 0 bridgehead atoms. The van der Waals surface area contributed by atoms with Gasteiger partial charge in [-0.25, -0.2) is 4.79 Å². The van der Waals surface area contributed by atoms with Crippen molar-refractivity contribution < 1.29 is 14.3 Å². The van der Waals surface area contributed by atoms with Crippen molar-refractivity contribution in [2.45, 2.75) is 39.3 Å². The second-order valence-corrected chi connectivity index (χ2v) is 4.98. The maximum atomic E-state index is 10.9. The summed E-state index contributed by atoms with van der Waals surface area (Å²) in [5, 5.41) is 8.95. The fourth-order valence-electron chi connectivity index (χ4n) is 2.16. The molecule has 0 spiro atoms. The van der Waals surface area contributed by atoms with Gasteiger partial charge in [0.25, 0.3) is 0 Å². The Morgan fingerprint density at radius 2 is 2.29 bits per heavy atom. The highest BCUT2D eigenvalue weighted by molar-refractivity contribution is 5.88. The largest absolute Gasteiger partial charge is 0.478 e. The molecule has 2 rings (SSSR count). The van der Waals surface area contributed by atoms with E-state index in [2.05, 4.69) is 18.9 Å². The Labute approximate surface area is 101 Å². The summed E-state index contributed by atoms with van der Waals surface area (Å²) in [5.41, 5.74) is 0.271. The van der Waals surface area contributed by atoms with Crippen LogP contribution >= 0.6 is 0 Å². The van der Waals surface area contributed by atoms with Gasteiger partial charge in [0, 0.05) is 6.04 Å². The van der Waals surface area contributed by atoms with Crippen molar-refractivity contribution in [3.63, 3.8) is 0 Å². The van der Waals surface area contributed by atoms with E-state index in [1.54, 1.807) is 13.0 Å². The molecule has 17 heavy (non-hydrogen) atoms. The number of nitrogens with zero attached hydrogens (tertiary/aromatic N) is 1. The van der Waals surface area contributed by atoms with Crippen LogP contribution in [0.3, 0.4) is 0 Å². The van der Waals surface area contributed by atoms with Crippen molar-refractivity contribution in [1.82, 2.24) is 4.90 Å². The van der Waals surface area contributed by atoms with Gasteiger partial charge in [-0.15, -0.1) is 0 Å². The SMILES string of the molecule is Cc1oc(CN(C)C(C)C2CC2)cc1C(=O)O. The molecule has 4 nitrogen and oxygen atoms in total. The lowest BCUT2D eigenvalue weighted by atomic mass is 10.2. The van der Waals surface area contributed by atoms with Crippen LogP contribution in [0.1, 0.15) is 41.6 Å². The lowest BCUT2D eigenvalue weighted by molar-refractivity contribution is 0.0695. The lowest BCUT2D eigenvalue weighted by Gasteiger charge is -2.23. The minimum Gasteiger partial charge on any atom is -0.478 e. The zero-order chi connectivity index (χ0) is 12.6. The van der Waals surface area contributed by atoms with E-state index in [-0.39, 0.29) is 5.56 Å². The molecule has 1 aromatic heterocycles. The third kappa shape index (κ3) is 2.69. The summed E-state index contributed by atoms with van der Waals surface area (Å²) in [4.78, 5) is 13.1. The van der Waals surface area contributed by atoms with E-state index in [0.717, 1.165) is 11.7 Å². The van der Waals surface area contributed by atoms with E-state index in [4.69, 9.17) is 9.52 Å². The summed E-state index contributed by atoms with van der Waals surface area (Å²) < 4.78 is 5.47. The zero-order valence-electron chi connectivity index (χ0n) is 10.6. The first kappa shape index (κ1) is 12.2. The van der Waals surface area contributed by atoms with E-state index in [0.29, 0.717) is 18.3 Å². The number of carboxylic acid groups (broad SMARTS) is 1. The van der Waals surface area contributed by atoms with Crippen LogP contribution in [0.4, 0.5) is 0 Å². The van der Waals surface area contributed by atoms with E-state index < -0.39 is 5.97 Å². The van der Waals surface area contributed by atoms with E-state index in [9.17, 15) is 4.79 Å². The van der Waals surface area contributed by atoms with Crippen LogP contribution in [-0.2, 0) is 6.54 Å². The Morgan fingerprint density at radius 3 is 2.76 bits per heavy atom. The quantitative estimate of drug-likeness (QED) is 0.855. The molecule has 0 radical (unpaired) electrons. The summed E-state index contributed by atoms with van der Waals surface area (Å²) in [7, 11) is 2.06. The number of carboxylic acids is 1. The van der Waals surface area contributed by atoms with Gasteiger partial charge in [-0.1, -0.05) is 0 Å². The number of furan rings is 1. The number of hydrogen-bond donors (Lipinski definition) is 1. The van der Waals surface area contributed by atoms with Crippen molar-refractivity contribution in [2.75, 3.05) is 7.05 Å². The molecule has 1 saturated carbocycles. The molecule has 1 fully saturated rings. The van der Waals surface area contributed by atoms with E-state index >= 15 is 0 Å². The van der Waals surface area contributed by atoms with Crippen LogP contribution < -0.4 is 0 Å². The number of carbonyl (C=O) groups is 1. The van der Waals surface area contributed by atoms with Gasteiger partial charge >= 0.3 is 5.97 Å². The molecule has 1 aliphatic carbocycles. The number of aromatic carboxylic acids is 1. The second kappa shape index (κ2) is 4.53. The van der Waals surface area contributed by atoms with Gasteiger partial charge in [-0.05, 0) is 45.7 Å². The highest BCUT2D eigenvalue weighted by Crippen LogP contribution is 2.35. The Kier molecular flexibility index (Phi) is 3.24. The third-order valence-corrected chi connectivity index (χ3v) is 3.60. The second-order valence-electron chi connectivity index (χ2n) is 4.98. The van der Waals surface area contributed by atoms with Gasteiger partial charge < -0.3 is 9.52 Å². The fraction of sp³-hybridized carbons (Fsp3) is 0.615. The Balaban J connectivity index is 2.02. The van der Waals surface area contributed by atoms with Crippen LogP contribution in [0.25, 0.3) is 0 Å². The van der Waals surface area contributed by atoms with Crippen molar-refractivity contribution in [3.05, 3.63) is 23.2 Å². The molecule has 1 unspecified atom stereocenters. The molecule has 1 aromatic rings. The minimum absolute atomic E-state index is 0.271. The molecular formula is C13H19NO3. The van der Waals surface area contributed by atoms with Crippen LogP contribution in [-0.4, -0.2) is 29.1 Å². The summed E-state index contributed by atoms with van der Waals surface area (Å²) in [5.74, 6) is 1.10. The highest BCUT2D eigenvalue weighted by Gasteiger charge is 2.30. The molecule has 0 amide bonds. The minimum atomic E-state index is -0.921. The molecule has 0 aliphatic heterocycles. The number of rotatable bonds is 5. The van der Waals surface area contributed by atoms with E-state index in [1.165, 1.54) is 12.8 Å². The smallest absolute Gasteiger partial charge is 0.339 e. The molecule has 0 saturated heterocycles. The summed E-state index contributed by atoms with van der Waals surface area (Å²) in [6.07, 6.45) is 2.62. The molecular weight excluding hydrogens is 218 g/mol. The first-order valence-electron chi connectivity index (χ1n) is 6.02. The normalized spacial score (nSPS) is 17.4. The lowest BCUT2D eigenvalue weighted by Crippen LogP contribution is -2.30. The fourth-order valence-corrected chi connectivity index (χ4v) is 2.16. The number of hydrogen-bond acceptors (Lipinski definition) is 3. The van der Waals surface area contributed by atoms with Crippen molar-refractivity contribution in [2.24, 2.45) is 5.92 Å². The average Bonchev–Trinajstić information content (AvgIpc) is 3.02. The van der Waals surface area contributed by atoms with Crippen LogP contribution in [0.2, 0.25) is 0 Å². The average molecular weight is 237 g/mol. The standard InChI is InChI=1S/C13H19NO3/c1-8(10-4-5-10)14(3)7-11-6-12(13(15)16)9(2)17-11/h6,8,10H,4-5,7H2,1-3H3,(H,15,16). The van der Waals surface area contributed by atoms with Gasteiger partial charge in [-0.3, -0.25) is 4.90 Å². The Hall–Kier alpha value is -1.29. The predicted molar refractivity (Wildman–Crippen MR) is 64.1 cm³/mol. The van der Waals surface area contributed by atoms with Crippen molar-refractivity contribution in [3.8, 4) is 0 Å². The van der Waals surface area contributed by atoms with Gasteiger partial charge in [0.05, 0.1) is 6.54 Å². The topological polar surface area (TPSA) is 53.7 Å². The summed E-state index contributed by atoms with van der Waals surface area (Å²) in [6, 6.07) is 2.17. The van der Waals surface area contributed by atoms with Gasteiger partial charge in [0.2, 0.25) is 0 Å². The maximum absolute atomic E-state index is 10.9. The first-order chi connectivity index (χ1) is 7.99. The summed E-state index contributed by atoms with van der Waals surface area (Å²) in [6.45, 7) is 4.58. The number of aryl methyl sites for hydroxylation is 1. The maximum Gasteiger partial charge on any atom is 0.339 e. The van der Waals surface area contributed by atoms with Crippen LogP contribution in [0.5, 0.6) is 0 Å². The highest BCUT2D eigenvalue weighted by atomic mass is 16.4. The van der Waals surface area contributed by atoms with Crippen molar-refractivity contribution >= 4 is 5.97 Å². The predicted octanol–water partition coefficient (Wildman–Crippen LogP) is 2.52. The van der Waals surface area contributed by atoms with Gasteiger partial charge in [0.15, 0.2) is 0 Å². The summed E-state index contributed by atoms with van der Waals surface area (Å²) >= 11 is 0. The molecule has 1 aliphatic rings. The molecule has 94 valence electrons. The van der Waals surface area contributed by atoms with Crippen LogP contribution in [0.15, 0.2) is 10.5 Å². The van der Waals surface area contributed by atoms with Gasteiger partial charge in [0.1, 0.15) is 17.1 Å². The molecule has 1 atom stereocenters. The van der Waals surface area contributed by atoms with Gasteiger partial charge in [-0.2, -0.15) is 0 Å². The molecule has 1 heterocycles. The van der Waals surface area contributed by atoms with Crippen LogP contribution in [0, 0.1) is 12.8 Å². The first-order valence-corrected chi connectivity index (χ1v) is 6.02. The molecule has 0 aromatic carbocycles. The third-order valence-electron chi connectivity index (χ3n) is 3.60. The zero-order valence-corrected chi connectivity index (χ0v) is 10.6. The molecule has 1 N–H and O–H groups in total. The molecule has 4 heteroatoms. The van der Waals surface area contributed by atoms with E-state index in [1.807, 2.05) is 0 Å². The van der Waals surface area contributed by atoms with Crippen molar-refractivity contribution in [1.29, 1.82) is 0 Å². The monoisotopic (exact) mass is 237 g/mol.